The second-order valence-corrected chi connectivity index (χ2v) is 6.72. The predicted molar refractivity (Wildman–Crippen MR) is 83.8 cm³/mol. The van der Waals surface area contributed by atoms with E-state index >= 15 is 0 Å². The van der Waals surface area contributed by atoms with Crippen LogP contribution in [0, 0.1) is 23.6 Å². The molecule has 0 saturated heterocycles. The summed E-state index contributed by atoms with van der Waals surface area (Å²) in [6.45, 7) is 11.0. The van der Waals surface area contributed by atoms with Crippen molar-refractivity contribution in [1.29, 1.82) is 0 Å². The third kappa shape index (κ3) is 5.62. The van der Waals surface area contributed by atoms with Gasteiger partial charge in [0.2, 0.25) is 0 Å². The zero-order chi connectivity index (χ0) is 14.4. The molecule has 0 aliphatic rings. The molecule has 1 rings (SSSR count). The van der Waals surface area contributed by atoms with E-state index in [4.69, 9.17) is 0 Å². The minimum absolute atomic E-state index is 0.171. The molecule has 0 heterocycles. The van der Waals surface area contributed by atoms with Crippen LogP contribution in [0.3, 0.4) is 0 Å². The third-order valence-corrected chi connectivity index (χ3v) is 4.45. The summed E-state index contributed by atoms with van der Waals surface area (Å²) in [5.41, 5.74) is 1.06. The molecule has 0 amide bonds. The molecule has 0 spiro atoms. The van der Waals surface area contributed by atoms with Crippen LogP contribution in [0.5, 0.6) is 0 Å². The first-order valence-electron chi connectivity index (χ1n) is 7.05. The van der Waals surface area contributed by atoms with Gasteiger partial charge in [-0.3, -0.25) is 0 Å². The molecular weight excluding hydrogens is 305 g/mol. The largest absolute Gasteiger partial charge is 0.316 e. The van der Waals surface area contributed by atoms with E-state index in [9.17, 15) is 4.39 Å². The molecule has 0 saturated carbocycles. The maximum absolute atomic E-state index is 13.5. The van der Waals surface area contributed by atoms with Crippen LogP contribution >= 0.6 is 15.9 Å². The SMILES string of the molecule is CC(C)CNCC(C)C(C)Cc1cccc(F)c1Br. The molecule has 1 aromatic carbocycles. The normalized spacial score (nSPS) is 14.7. The van der Waals surface area contributed by atoms with Gasteiger partial charge in [0.05, 0.1) is 4.47 Å². The van der Waals surface area contributed by atoms with E-state index in [1.54, 1.807) is 6.07 Å². The van der Waals surface area contributed by atoms with E-state index < -0.39 is 0 Å². The third-order valence-electron chi connectivity index (χ3n) is 3.56. The Labute approximate surface area is 125 Å². The Bertz CT molecular complexity index is 392. The summed E-state index contributed by atoms with van der Waals surface area (Å²) in [6.07, 6.45) is 0.906. The molecule has 0 aromatic heterocycles. The lowest BCUT2D eigenvalue weighted by Crippen LogP contribution is -2.28. The van der Waals surface area contributed by atoms with E-state index in [-0.39, 0.29) is 5.82 Å². The van der Waals surface area contributed by atoms with Gasteiger partial charge in [-0.2, -0.15) is 0 Å². The lowest BCUT2D eigenvalue weighted by molar-refractivity contribution is 0.356. The summed E-state index contributed by atoms with van der Waals surface area (Å²) in [7, 11) is 0. The van der Waals surface area contributed by atoms with Crippen LogP contribution in [0.15, 0.2) is 22.7 Å². The van der Waals surface area contributed by atoms with Gasteiger partial charge in [-0.05, 0) is 64.8 Å². The van der Waals surface area contributed by atoms with Crippen LogP contribution in [0.2, 0.25) is 0 Å². The smallest absolute Gasteiger partial charge is 0.137 e. The van der Waals surface area contributed by atoms with Gasteiger partial charge in [0, 0.05) is 0 Å². The molecule has 0 fully saturated rings. The first-order chi connectivity index (χ1) is 8.91. The predicted octanol–water partition coefficient (Wildman–Crippen LogP) is 4.65. The van der Waals surface area contributed by atoms with Crippen molar-refractivity contribution in [3.8, 4) is 0 Å². The number of benzene rings is 1. The van der Waals surface area contributed by atoms with Crippen molar-refractivity contribution in [1.82, 2.24) is 5.32 Å². The van der Waals surface area contributed by atoms with Crippen molar-refractivity contribution >= 4 is 15.9 Å². The van der Waals surface area contributed by atoms with Crippen LogP contribution in [0.4, 0.5) is 4.39 Å². The zero-order valence-corrected chi connectivity index (χ0v) is 13.9. The Balaban J connectivity index is 2.49. The quantitative estimate of drug-likeness (QED) is 0.767. The summed E-state index contributed by atoms with van der Waals surface area (Å²) in [5, 5.41) is 3.49. The van der Waals surface area contributed by atoms with E-state index in [1.807, 2.05) is 6.07 Å². The monoisotopic (exact) mass is 329 g/mol. The molecule has 3 heteroatoms. The Hall–Kier alpha value is -0.410. The standard InChI is InChI=1S/C16H25BrFN/c1-11(2)9-19-10-13(4)12(3)8-14-6-5-7-15(18)16(14)17/h5-7,11-13,19H,8-10H2,1-4H3. The topological polar surface area (TPSA) is 12.0 Å². The summed E-state index contributed by atoms with van der Waals surface area (Å²) < 4.78 is 14.1. The summed E-state index contributed by atoms with van der Waals surface area (Å²) in [4.78, 5) is 0. The maximum Gasteiger partial charge on any atom is 0.137 e. The van der Waals surface area contributed by atoms with Crippen molar-refractivity contribution < 1.29 is 4.39 Å². The fourth-order valence-electron chi connectivity index (χ4n) is 2.06. The van der Waals surface area contributed by atoms with Gasteiger partial charge in [-0.1, -0.05) is 39.8 Å². The minimum Gasteiger partial charge on any atom is -0.316 e. The molecule has 2 unspecified atom stereocenters. The highest BCUT2D eigenvalue weighted by Gasteiger charge is 2.15. The number of rotatable bonds is 7. The molecule has 1 nitrogen and oxygen atoms in total. The van der Waals surface area contributed by atoms with Crippen molar-refractivity contribution in [2.24, 2.45) is 17.8 Å². The molecule has 0 radical (unpaired) electrons. The van der Waals surface area contributed by atoms with Gasteiger partial charge in [-0.25, -0.2) is 4.39 Å². The van der Waals surface area contributed by atoms with Crippen molar-refractivity contribution in [3.63, 3.8) is 0 Å². The van der Waals surface area contributed by atoms with Gasteiger partial charge in [0.15, 0.2) is 0 Å². The zero-order valence-electron chi connectivity index (χ0n) is 12.3. The minimum atomic E-state index is -0.171. The Morgan fingerprint density at radius 2 is 1.79 bits per heavy atom. The second-order valence-electron chi connectivity index (χ2n) is 5.92. The first-order valence-corrected chi connectivity index (χ1v) is 7.84. The number of halogens is 2. The average molecular weight is 330 g/mol. The van der Waals surface area contributed by atoms with Crippen LogP contribution in [0.1, 0.15) is 33.3 Å². The van der Waals surface area contributed by atoms with Crippen molar-refractivity contribution in [2.45, 2.75) is 34.1 Å². The Morgan fingerprint density at radius 1 is 1.11 bits per heavy atom. The van der Waals surface area contributed by atoms with Gasteiger partial charge in [0.25, 0.3) is 0 Å². The van der Waals surface area contributed by atoms with Gasteiger partial charge in [0.1, 0.15) is 5.82 Å². The molecular formula is C16H25BrFN. The molecule has 0 aliphatic carbocycles. The van der Waals surface area contributed by atoms with Crippen LogP contribution < -0.4 is 5.32 Å². The Kier molecular flexibility index (Phi) is 7.01. The van der Waals surface area contributed by atoms with Crippen LogP contribution in [-0.2, 0) is 6.42 Å². The van der Waals surface area contributed by atoms with Crippen molar-refractivity contribution in [3.05, 3.63) is 34.1 Å². The van der Waals surface area contributed by atoms with Gasteiger partial charge >= 0.3 is 0 Å². The molecule has 108 valence electrons. The molecule has 0 aliphatic heterocycles. The highest BCUT2D eigenvalue weighted by Crippen LogP contribution is 2.25. The highest BCUT2D eigenvalue weighted by atomic mass is 79.9. The lowest BCUT2D eigenvalue weighted by atomic mass is 9.89. The van der Waals surface area contributed by atoms with Crippen molar-refractivity contribution in [2.75, 3.05) is 13.1 Å². The molecule has 1 N–H and O–H groups in total. The highest BCUT2D eigenvalue weighted by molar-refractivity contribution is 9.10. The van der Waals surface area contributed by atoms with E-state index in [2.05, 4.69) is 48.9 Å². The molecule has 2 atom stereocenters. The summed E-state index contributed by atoms with van der Waals surface area (Å²) in [5.74, 6) is 1.61. The number of hydrogen-bond donors (Lipinski definition) is 1. The number of nitrogens with one attached hydrogen (secondary N) is 1. The van der Waals surface area contributed by atoms with E-state index in [0.717, 1.165) is 25.1 Å². The maximum atomic E-state index is 13.5. The van der Waals surface area contributed by atoms with Crippen LogP contribution in [0.25, 0.3) is 0 Å². The average Bonchev–Trinajstić information content (AvgIpc) is 2.34. The second kappa shape index (κ2) is 8.01. The molecule has 1 aromatic rings. The molecule has 0 bridgehead atoms. The first kappa shape index (κ1) is 16.6. The van der Waals surface area contributed by atoms with Gasteiger partial charge in [-0.15, -0.1) is 0 Å². The lowest BCUT2D eigenvalue weighted by Gasteiger charge is -2.21. The van der Waals surface area contributed by atoms with Crippen LogP contribution in [-0.4, -0.2) is 13.1 Å². The number of hydrogen-bond acceptors (Lipinski definition) is 1. The Morgan fingerprint density at radius 3 is 2.42 bits per heavy atom. The molecule has 19 heavy (non-hydrogen) atoms. The fourth-order valence-corrected chi connectivity index (χ4v) is 2.48. The fraction of sp³-hybridized carbons (Fsp3) is 0.625. The van der Waals surface area contributed by atoms with E-state index in [0.29, 0.717) is 22.2 Å². The summed E-state index contributed by atoms with van der Waals surface area (Å²) >= 11 is 3.34. The van der Waals surface area contributed by atoms with E-state index in [1.165, 1.54) is 6.07 Å². The summed E-state index contributed by atoms with van der Waals surface area (Å²) in [6, 6.07) is 5.27. The van der Waals surface area contributed by atoms with Gasteiger partial charge < -0.3 is 5.32 Å².